The Morgan fingerprint density at radius 1 is 1.32 bits per heavy atom. The van der Waals surface area contributed by atoms with Crippen molar-refractivity contribution in [1.29, 1.82) is 0 Å². The first-order valence-corrected chi connectivity index (χ1v) is 8.50. The van der Waals surface area contributed by atoms with E-state index in [-0.39, 0.29) is 0 Å². The zero-order valence-corrected chi connectivity index (χ0v) is 13.9. The standard InChI is InChI=1S/C17H29NS/c1-12-8-9-19-16(12)15-10-14(17(2,3)4)7-6-13(15)11-18-5/h8-9,13-15,18H,6-7,10-11H2,1-5H3. The molecule has 0 aromatic carbocycles. The predicted molar refractivity (Wildman–Crippen MR) is 86.0 cm³/mol. The number of rotatable bonds is 3. The highest BCUT2D eigenvalue weighted by atomic mass is 32.1. The summed E-state index contributed by atoms with van der Waals surface area (Å²) in [5.41, 5.74) is 1.96. The summed E-state index contributed by atoms with van der Waals surface area (Å²) >= 11 is 1.97. The topological polar surface area (TPSA) is 12.0 Å². The minimum Gasteiger partial charge on any atom is -0.319 e. The second kappa shape index (κ2) is 5.97. The summed E-state index contributed by atoms with van der Waals surface area (Å²) in [6.07, 6.45) is 4.15. The van der Waals surface area contributed by atoms with Gasteiger partial charge in [-0.25, -0.2) is 0 Å². The molecule has 1 aromatic rings. The zero-order chi connectivity index (χ0) is 14.0. The van der Waals surface area contributed by atoms with Crippen LogP contribution in [-0.2, 0) is 0 Å². The van der Waals surface area contributed by atoms with E-state index < -0.39 is 0 Å². The van der Waals surface area contributed by atoms with Gasteiger partial charge in [0, 0.05) is 4.88 Å². The average Bonchev–Trinajstić information content (AvgIpc) is 2.75. The van der Waals surface area contributed by atoms with Crippen LogP contribution in [0.3, 0.4) is 0 Å². The molecule has 19 heavy (non-hydrogen) atoms. The Kier molecular flexibility index (Phi) is 4.73. The Labute approximate surface area is 122 Å². The van der Waals surface area contributed by atoms with Crippen LogP contribution in [0.2, 0.25) is 0 Å². The van der Waals surface area contributed by atoms with Crippen molar-refractivity contribution in [2.24, 2.45) is 17.3 Å². The van der Waals surface area contributed by atoms with Gasteiger partial charge in [-0.05, 0) is 80.0 Å². The van der Waals surface area contributed by atoms with Crippen LogP contribution in [0.15, 0.2) is 11.4 Å². The van der Waals surface area contributed by atoms with E-state index >= 15 is 0 Å². The molecule has 0 spiro atoms. The lowest BCUT2D eigenvalue weighted by Gasteiger charge is -2.42. The van der Waals surface area contributed by atoms with Gasteiger partial charge in [0.15, 0.2) is 0 Å². The third kappa shape index (κ3) is 3.41. The van der Waals surface area contributed by atoms with Crippen molar-refractivity contribution in [3.8, 4) is 0 Å². The Hall–Kier alpha value is -0.340. The van der Waals surface area contributed by atoms with Crippen LogP contribution in [-0.4, -0.2) is 13.6 Å². The summed E-state index contributed by atoms with van der Waals surface area (Å²) in [6, 6.07) is 2.29. The van der Waals surface area contributed by atoms with Crippen molar-refractivity contribution < 1.29 is 0 Å². The van der Waals surface area contributed by atoms with Gasteiger partial charge in [-0.15, -0.1) is 11.3 Å². The van der Waals surface area contributed by atoms with Crippen molar-refractivity contribution in [1.82, 2.24) is 5.32 Å². The first-order valence-electron chi connectivity index (χ1n) is 7.62. The maximum absolute atomic E-state index is 3.41. The van der Waals surface area contributed by atoms with E-state index in [1.807, 2.05) is 11.3 Å². The molecule has 1 aliphatic rings. The van der Waals surface area contributed by atoms with Crippen LogP contribution in [0.25, 0.3) is 0 Å². The number of hydrogen-bond donors (Lipinski definition) is 1. The van der Waals surface area contributed by atoms with Gasteiger partial charge in [0.2, 0.25) is 0 Å². The van der Waals surface area contributed by atoms with Crippen molar-refractivity contribution in [2.75, 3.05) is 13.6 Å². The fourth-order valence-electron chi connectivity index (χ4n) is 3.61. The summed E-state index contributed by atoms with van der Waals surface area (Å²) in [5.74, 6) is 2.46. The van der Waals surface area contributed by atoms with Gasteiger partial charge in [-0.3, -0.25) is 0 Å². The molecule has 2 rings (SSSR count). The van der Waals surface area contributed by atoms with E-state index in [2.05, 4.69) is 51.5 Å². The molecule has 3 atom stereocenters. The highest BCUT2D eigenvalue weighted by Crippen LogP contribution is 2.48. The van der Waals surface area contributed by atoms with E-state index in [9.17, 15) is 0 Å². The molecule has 1 fully saturated rings. The molecular formula is C17H29NS. The van der Waals surface area contributed by atoms with E-state index in [4.69, 9.17) is 0 Å². The second-order valence-electron chi connectivity index (χ2n) is 7.27. The largest absolute Gasteiger partial charge is 0.319 e. The lowest BCUT2D eigenvalue weighted by atomic mass is 9.65. The molecule has 0 amide bonds. The number of thiophene rings is 1. The molecule has 1 heterocycles. The summed E-state index contributed by atoms with van der Waals surface area (Å²) in [6.45, 7) is 10.7. The lowest BCUT2D eigenvalue weighted by Crippen LogP contribution is -2.34. The summed E-state index contributed by atoms with van der Waals surface area (Å²) < 4.78 is 0. The molecule has 2 heteroatoms. The van der Waals surface area contributed by atoms with Crippen molar-refractivity contribution in [2.45, 2.75) is 52.9 Å². The molecule has 0 bridgehead atoms. The van der Waals surface area contributed by atoms with E-state index in [1.54, 1.807) is 4.88 Å². The SMILES string of the molecule is CNCC1CCC(C(C)(C)C)CC1c1sccc1C. The number of aryl methyl sites for hydroxylation is 1. The van der Waals surface area contributed by atoms with Crippen LogP contribution >= 0.6 is 11.3 Å². The summed E-state index contributed by atoms with van der Waals surface area (Å²) in [7, 11) is 2.09. The van der Waals surface area contributed by atoms with E-state index in [1.165, 1.54) is 31.4 Å². The summed E-state index contributed by atoms with van der Waals surface area (Å²) in [5, 5.41) is 5.67. The van der Waals surface area contributed by atoms with Crippen LogP contribution in [0, 0.1) is 24.2 Å². The molecule has 3 unspecified atom stereocenters. The molecule has 0 radical (unpaired) electrons. The zero-order valence-electron chi connectivity index (χ0n) is 13.1. The van der Waals surface area contributed by atoms with Crippen LogP contribution < -0.4 is 5.32 Å². The highest BCUT2D eigenvalue weighted by molar-refractivity contribution is 7.10. The first kappa shape index (κ1) is 15.1. The minimum atomic E-state index is 0.452. The second-order valence-corrected chi connectivity index (χ2v) is 8.22. The Bertz CT molecular complexity index is 402. The van der Waals surface area contributed by atoms with Crippen LogP contribution in [0.5, 0.6) is 0 Å². The molecule has 108 valence electrons. The van der Waals surface area contributed by atoms with Crippen LogP contribution in [0.1, 0.15) is 56.4 Å². The van der Waals surface area contributed by atoms with Crippen molar-refractivity contribution >= 4 is 11.3 Å². The Morgan fingerprint density at radius 2 is 2.05 bits per heavy atom. The third-order valence-electron chi connectivity index (χ3n) is 4.92. The molecular weight excluding hydrogens is 250 g/mol. The average molecular weight is 279 g/mol. The van der Waals surface area contributed by atoms with Gasteiger partial charge in [0.05, 0.1) is 0 Å². The van der Waals surface area contributed by atoms with Gasteiger partial charge >= 0.3 is 0 Å². The number of nitrogens with one attached hydrogen (secondary N) is 1. The maximum Gasteiger partial charge on any atom is 0.0109 e. The number of hydrogen-bond acceptors (Lipinski definition) is 2. The monoisotopic (exact) mass is 279 g/mol. The fraction of sp³-hybridized carbons (Fsp3) is 0.765. The van der Waals surface area contributed by atoms with Gasteiger partial charge in [-0.2, -0.15) is 0 Å². The summed E-state index contributed by atoms with van der Waals surface area (Å²) in [4.78, 5) is 1.65. The first-order chi connectivity index (χ1) is 8.93. The van der Waals surface area contributed by atoms with E-state index in [0.717, 1.165) is 17.8 Å². The molecule has 1 aliphatic carbocycles. The predicted octanol–water partition coefficient (Wildman–Crippen LogP) is 4.82. The van der Waals surface area contributed by atoms with Gasteiger partial charge in [0.1, 0.15) is 0 Å². The lowest BCUT2D eigenvalue weighted by molar-refractivity contribution is 0.131. The van der Waals surface area contributed by atoms with Gasteiger partial charge < -0.3 is 5.32 Å². The fourth-order valence-corrected chi connectivity index (χ4v) is 4.75. The van der Waals surface area contributed by atoms with E-state index in [0.29, 0.717) is 5.41 Å². The molecule has 1 aromatic heterocycles. The Balaban J connectivity index is 2.20. The highest BCUT2D eigenvalue weighted by Gasteiger charge is 2.37. The molecule has 1 N–H and O–H groups in total. The third-order valence-corrected chi connectivity index (χ3v) is 6.07. The Morgan fingerprint density at radius 3 is 2.58 bits per heavy atom. The van der Waals surface area contributed by atoms with Crippen molar-refractivity contribution in [3.05, 3.63) is 21.9 Å². The quantitative estimate of drug-likeness (QED) is 0.836. The molecule has 0 aliphatic heterocycles. The van der Waals surface area contributed by atoms with Gasteiger partial charge in [-0.1, -0.05) is 20.8 Å². The maximum atomic E-state index is 3.41. The van der Waals surface area contributed by atoms with Gasteiger partial charge in [0.25, 0.3) is 0 Å². The van der Waals surface area contributed by atoms with Crippen molar-refractivity contribution in [3.63, 3.8) is 0 Å². The minimum absolute atomic E-state index is 0.452. The molecule has 0 saturated heterocycles. The van der Waals surface area contributed by atoms with Crippen LogP contribution in [0.4, 0.5) is 0 Å². The normalized spacial score (nSPS) is 28.6. The molecule has 1 saturated carbocycles. The molecule has 1 nitrogen and oxygen atoms in total. The smallest absolute Gasteiger partial charge is 0.0109 e.